The maximum Gasteiger partial charge on any atom is 0.319 e. The number of carbonyl (C=O) groups excluding carboxylic acids is 2. The molecule has 1 aromatic heterocycles. The van der Waals surface area contributed by atoms with Crippen LogP contribution in [0.5, 0.6) is 0 Å². The van der Waals surface area contributed by atoms with Crippen LogP contribution in [0.25, 0.3) is 0 Å². The summed E-state index contributed by atoms with van der Waals surface area (Å²) in [5.41, 5.74) is 0.805. The van der Waals surface area contributed by atoms with Crippen molar-refractivity contribution < 1.29 is 18.7 Å². The van der Waals surface area contributed by atoms with Crippen molar-refractivity contribution in [3.05, 3.63) is 52.9 Å². The van der Waals surface area contributed by atoms with Gasteiger partial charge in [-0.25, -0.2) is 4.79 Å². The minimum Gasteiger partial charge on any atom is -0.467 e. The van der Waals surface area contributed by atoms with Crippen molar-refractivity contribution in [2.45, 2.75) is 6.54 Å². The molecular formula is C16H18ClN3O4. The van der Waals surface area contributed by atoms with Crippen molar-refractivity contribution in [2.24, 2.45) is 0 Å². The maximum absolute atomic E-state index is 11.9. The molecule has 0 unspecified atom stereocenters. The molecular weight excluding hydrogens is 334 g/mol. The van der Waals surface area contributed by atoms with Crippen LogP contribution in [-0.4, -0.2) is 32.2 Å². The van der Waals surface area contributed by atoms with Crippen LogP contribution in [0.3, 0.4) is 0 Å². The third-order valence-electron chi connectivity index (χ3n) is 3.07. The van der Waals surface area contributed by atoms with Crippen LogP contribution < -0.4 is 16.0 Å². The number of hydrogen-bond donors (Lipinski definition) is 3. The molecule has 2 rings (SSSR count). The number of benzene rings is 1. The van der Waals surface area contributed by atoms with E-state index in [2.05, 4.69) is 16.0 Å². The zero-order valence-corrected chi connectivity index (χ0v) is 13.9. The summed E-state index contributed by atoms with van der Waals surface area (Å²) in [5, 5.41) is 8.20. The van der Waals surface area contributed by atoms with Gasteiger partial charge in [0, 0.05) is 19.3 Å². The SMILES string of the molecule is COCCNC(=O)c1ccc(NC(=O)NCc2ccco2)cc1Cl. The minimum atomic E-state index is -0.403. The molecule has 3 N–H and O–H groups in total. The van der Waals surface area contributed by atoms with Crippen molar-refractivity contribution >= 4 is 29.2 Å². The highest BCUT2D eigenvalue weighted by Crippen LogP contribution is 2.21. The number of anilines is 1. The molecule has 0 aliphatic rings. The van der Waals surface area contributed by atoms with E-state index in [9.17, 15) is 9.59 Å². The van der Waals surface area contributed by atoms with Crippen molar-refractivity contribution in [1.29, 1.82) is 0 Å². The quantitative estimate of drug-likeness (QED) is 0.668. The Kier molecular flexibility index (Phi) is 6.65. The van der Waals surface area contributed by atoms with Gasteiger partial charge in [0.05, 0.1) is 30.0 Å². The predicted octanol–water partition coefficient (Wildman–Crippen LogP) is 2.63. The highest BCUT2D eigenvalue weighted by Gasteiger charge is 2.11. The molecule has 0 atom stereocenters. The standard InChI is InChI=1S/C16H18ClN3O4/c1-23-8-6-18-15(21)13-5-4-11(9-14(13)17)20-16(22)19-10-12-3-2-7-24-12/h2-5,7,9H,6,8,10H2,1H3,(H,18,21)(H2,19,20,22). The first-order valence-electron chi connectivity index (χ1n) is 7.24. The van der Waals surface area contributed by atoms with Gasteiger partial charge in [-0.15, -0.1) is 0 Å². The minimum absolute atomic E-state index is 0.244. The Morgan fingerprint density at radius 3 is 2.75 bits per heavy atom. The van der Waals surface area contributed by atoms with E-state index in [0.29, 0.717) is 30.2 Å². The van der Waals surface area contributed by atoms with Gasteiger partial charge < -0.3 is 25.1 Å². The molecule has 0 saturated heterocycles. The Morgan fingerprint density at radius 1 is 1.25 bits per heavy atom. The molecule has 0 aliphatic heterocycles. The summed E-state index contributed by atoms with van der Waals surface area (Å²) in [6.45, 7) is 1.08. The van der Waals surface area contributed by atoms with Gasteiger partial charge in [0.25, 0.3) is 5.91 Å². The molecule has 0 radical (unpaired) electrons. The summed E-state index contributed by atoms with van der Waals surface area (Å²) in [7, 11) is 1.55. The molecule has 3 amide bonds. The molecule has 1 aromatic carbocycles. The van der Waals surface area contributed by atoms with E-state index in [4.69, 9.17) is 20.8 Å². The van der Waals surface area contributed by atoms with Gasteiger partial charge >= 0.3 is 6.03 Å². The molecule has 0 spiro atoms. The van der Waals surface area contributed by atoms with Gasteiger partial charge in [-0.1, -0.05) is 11.6 Å². The van der Waals surface area contributed by atoms with E-state index in [-0.39, 0.29) is 17.5 Å². The second-order valence-corrected chi connectivity index (χ2v) is 5.24. The fraction of sp³-hybridized carbons (Fsp3) is 0.250. The number of nitrogens with one attached hydrogen (secondary N) is 3. The number of hydrogen-bond acceptors (Lipinski definition) is 4. The summed E-state index contributed by atoms with van der Waals surface area (Å²) in [6, 6.07) is 7.76. The second-order valence-electron chi connectivity index (χ2n) is 4.83. The summed E-state index contributed by atoms with van der Waals surface area (Å²) < 4.78 is 9.98. The van der Waals surface area contributed by atoms with E-state index in [1.807, 2.05) is 0 Å². The highest BCUT2D eigenvalue weighted by atomic mass is 35.5. The van der Waals surface area contributed by atoms with Crippen LogP contribution in [0.1, 0.15) is 16.1 Å². The molecule has 0 fully saturated rings. The number of rotatable bonds is 7. The lowest BCUT2D eigenvalue weighted by Crippen LogP contribution is -2.28. The van der Waals surface area contributed by atoms with Gasteiger partial charge in [0.2, 0.25) is 0 Å². The van der Waals surface area contributed by atoms with Crippen LogP contribution in [0.4, 0.5) is 10.5 Å². The lowest BCUT2D eigenvalue weighted by Gasteiger charge is -2.10. The number of carbonyl (C=O) groups is 2. The van der Waals surface area contributed by atoms with Gasteiger partial charge in [0.15, 0.2) is 0 Å². The number of urea groups is 1. The van der Waals surface area contributed by atoms with Gasteiger partial charge in [0.1, 0.15) is 5.76 Å². The van der Waals surface area contributed by atoms with Gasteiger partial charge in [-0.05, 0) is 30.3 Å². The molecule has 0 aliphatic carbocycles. The molecule has 7 nitrogen and oxygen atoms in total. The van der Waals surface area contributed by atoms with E-state index in [1.165, 1.54) is 12.3 Å². The Hall–Kier alpha value is -2.51. The van der Waals surface area contributed by atoms with Crippen LogP contribution in [-0.2, 0) is 11.3 Å². The van der Waals surface area contributed by atoms with Gasteiger partial charge in [-0.2, -0.15) is 0 Å². The zero-order chi connectivity index (χ0) is 17.4. The Labute approximate surface area is 144 Å². The number of ether oxygens (including phenoxy) is 1. The fourth-order valence-electron chi connectivity index (χ4n) is 1.89. The average Bonchev–Trinajstić information content (AvgIpc) is 3.06. The molecule has 1 heterocycles. The van der Waals surface area contributed by atoms with Crippen molar-refractivity contribution in [3.63, 3.8) is 0 Å². The summed E-state index contributed by atoms with van der Waals surface area (Å²) >= 11 is 6.10. The smallest absolute Gasteiger partial charge is 0.319 e. The first-order chi connectivity index (χ1) is 11.6. The van der Waals surface area contributed by atoms with Crippen LogP contribution in [0, 0.1) is 0 Å². The predicted molar refractivity (Wildman–Crippen MR) is 90.2 cm³/mol. The van der Waals surface area contributed by atoms with Gasteiger partial charge in [-0.3, -0.25) is 4.79 Å². The third kappa shape index (κ3) is 5.29. The van der Waals surface area contributed by atoms with Crippen molar-refractivity contribution in [3.8, 4) is 0 Å². The van der Waals surface area contributed by atoms with E-state index < -0.39 is 6.03 Å². The molecule has 24 heavy (non-hydrogen) atoms. The van der Waals surface area contributed by atoms with Crippen molar-refractivity contribution in [1.82, 2.24) is 10.6 Å². The average molecular weight is 352 g/mol. The Balaban J connectivity index is 1.88. The van der Waals surface area contributed by atoms with Crippen LogP contribution >= 0.6 is 11.6 Å². The maximum atomic E-state index is 11.9. The summed E-state index contributed by atoms with van der Waals surface area (Å²) in [4.78, 5) is 23.8. The fourth-order valence-corrected chi connectivity index (χ4v) is 2.16. The lowest BCUT2D eigenvalue weighted by atomic mass is 10.2. The van der Waals surface area contributed by atoms with Crippen molar-refractivity contribution in [2.75, 3.05) is 25.6 Å². The number of amides is 3. The zero-order valence-electron chi connectivity index (χ0n) is 13.1. The first-order valence-corrected chi connectivity index (χ1v) is 7.62. The van der Waals surface area contributed by atoms with Crippen LogP contribution in [0.15, 0.2) is 41.0 Å². The number of methoxy groups -OCH3 is 1. The normalized spacial score (nSPS) is 10.2. The Morgan fingerprint density at radius 2 is 2.08 bits per heavy atom. The number of halogens is 1. The molecule has 0 bridgehead atoms. The molecule has 8 heteroatoms. The second kappa shape index (κ2) is 8.95. The van der Waals surface area contributed by atoms with E-state index in [1.54, 1.807) is 31.4 Å². The largest absolute Gasteiger partial charge is 0.467 e. The Bertz CT molecular complexity index is 689. The highest BCUT2D eigenvalue weighted by molar-refractivity contribution is 6.34. The topological polar surface area (TPSA) is 92.6 Å². The third-order valence-corrected chi connectivity index (χ3v) is 3.38. The molecule has 2 aromatic rings. The molecule has 128 valence electrons. The lowest BCUT2D eigenvalue weighted by molar-refractivity contribution is 0.0937. The van der Waals surface area contributed by atoms with E-state index in [0.717, 1.165) is 0 Å². The molecule has 0 saturated carbocycles. The van der Waals surface area contributed by atoms with E-state index >= 15 is 0 Å². The summed E-state index contributed by atoms with van der Waals surface area (Å²) in [5.74, 6) is 0.345. The number of furan rings is 1. The van der Waals surface area contributed by atoms with Crippen LogP contribution in [0.2, 0.25) is 5.02 Å². The first kappa shape index (κ1) is 17.8. The summed E-state index contributed by atoms with van der Waals surface area (Å²) in [6.07, 6.45) is 1.53. The monoisotopic (exact) mass is 351 g/mol.